The fourth-order valence-electron chi connectivity index (χ4n) is 6.79. The Labute approximate surface area is 387 Å². The van der Waals surface area contributed by atoms with E-state index in [1.165, 1.54) is 57.8 Å². The first kappa shape index (κ1) is 59.3. The topological polar surface area (TPSA) is 95.9 Å². The number of aliphatic hydroxyl groups is 2. The van der Waals surface area contributed by atoms with Gasteiger partial charge in [-0.05, 0) is 83.1 Å². The average Bonchev–Trinajstić information content (AvgIpc) is 3.28. The summed E-state index contributed by atoms with van der Waals surface area (Å²) in [5.74, 6) is -0.670. The predicted octanol–water partition coefficient (Wildman–Crippen LogP) is 15.3. The number of carbonyl (C=O) groups excluding carboxylic acids is 2. The molecule has 0 aromatic carbocycles. The summed E-state index contributed by atoms with van der Waals surface area (Å²) < 4.78 is 5.81. The second-order valence-corrected chi connectivity index (χ2v) is 16.6. The van der Waals surface area contributed by atoms with Gasteiger partial charge >= 0.3 is 5.97 Å². The highest BCUT2D eigenvalue weighted by Crippen LogP contribution is 2.14. The van der Waals surface area contributed by atoms with Crippen molar-refractivity contribution >= 4 is 11.9 Å². The smallest absolute Gasteiger partial charge is 0.306 e. The molecule has 0 aromatic rings. The van der Waals surface area contributed by atoms with Gasteiger partial charge in [-0.3, -0.25) is 9.59 Å². The number of unbranched alkanes of at least 4 members (excludes halogenated alkanes) is 16. The van der Waals surface area contributed by atoms with Crippen molar-refractivity contribution in [3.05, 3.63) is 122 Å². The number of amides is 1. The second kappa shape index (κ2) is 49.3. The van der Waals surface area contributed by atoms with E-state index in [0.29, 0.717) is 19.3 Å². The quantitative estimate of drug-likeness (QED) is 0.0245. The van der Waals surface area contributed by atoms with E-state index in [1.807, 2.05) is 6.08 Å². The summed E-state index contributed by atoms with van der Waals surface area (Å²) in [5.41, 5.74) is 0. The first-order chi connectivity index (χ1) is 31.0. The van der Waals surface area contributed by atoms with Crippen LogP contribution in [0, 0.1) is 0 Å². The van der Waals surface area contributed by atoms with Gasteiger partial charge in [0.2, 0.25) is 5.91 Å². The van der Waals surface area contributed by atoms with Crippen LogP contribution < -0.4 is 5.32 Å². The summed E-state index contributed by atoms with van der Waals surface area (Å²) in [7, 11) is 0. The molecule has 6 heteroatoms. The lowest BCUT2D eigenvalue weighted by atomic mass is 10.0. The lowest BCUT2D eigenvalue weighted by Gasteiger charge is -2.23. The minimum atomic E-state index is -0.830. The van der Waals surface area contributed by atoms with Crippen LogP contribution in [0.4, 0.5) is 0 Å². The average molecular weight is 872 g/mol. The third-order valence-corrected chi connectivity index (χ3v) is 10.6. The van der Waals surface area contributed by atoms with Crippen molar-refractivity contribution in [3.63, 3.8) is 0 Å². The molecule has 0 fully saturated rings. The number of esters is 1. The SMILES string of the molecule is CC/C=C\C/C=C\C/C=C\C/C=C\C/C=C\C/C=C\C(CC(=O)NC(CO)C(O)CCCCCCCCCCC)OC(=O)CCCCCCC/C=C/C=C/C=C/C=C/CCCCC. The number of nitrogens with one attached hydrogen (secondary N) is 1. The molecule has 0 aliphatic heterocycles. The van der Waals surface area contributed by atoms with E-state index in [1.54, 1.807) is 6.08 Å². The lowest BCUT2D eigenvalue weighted by molar-refractivity contribution is -0.148. The molecule has 3 unspecified atom stereocenters. The van der Waals surface area contributed by atoms with Crippen molar-refractivity contribution in [1.82, 2.24) is 5.32 Å². The second-order valence-electron chi connectivity index (χ2n) is 16.6. The number of rotatable bonds is 43. The van der Waals surface area contributed by atoms with Gasteiger partial charge in [0.15, 0.2) is 0 Å². The summed E-state index contributed by atoms with van der Waals surface area (Å²) in [6.45, 7) is 6.25. The molecule has 0 aromatic heterocycles. The molecule has 6 nitrogen and oxygen atoms in total. The molecule has 63 heavy (non-hydrogen) atoms. The van der Waals surface area contributed by atoms with Crippen LogP contribution in [0.3, 0.4) is 0 Å². The maximum atomic E-state index is 13.1. The molecule has 0 aliphatic carbocycles. The summed E-state index contributed by atoms with van der Waals surface area (Å²) in [4.78, 5) is 26.1. The van der Waals surface area contributed by atoms with E-state index in [2.05, 4.69) is 135 Å². The molecule has 0 spiro atoms. The molecule has 0 radical (unpaired) electrons. The van der Waals surface area contributed by atoms with Gasteiger partial charge in [-0.1, -0.05) is 226 Å². The molecule has 0 bridgehead atoms. The Bertz CT molecular complexity index is 1350. The third kappa shape index (κ3) is 44.7. The highest BCUT2D eigenvalue weighted by molar-refractivity contribution is 5.78. The van der Waals surface area contributed by atoms with E-state index in [9.17, 15) is 19.8 Å². The standard InChI is InChI=1S/C57H93NO5/c1-4-7-10-13-16-19-21-23-25-27-29-31-33-35-38-41-44-47-50-57(62)63-53(48-45-42-39-37-34-32-30-28-26-24-22-20-17-14-11-8-5-2)51-56(61)58-54(52-59)55(60)49-46-43-40-36-18-15-12-9-6-3/h8,11,16-17,19-21,23-27,29-32,37,39,45,48,53-55,59-60H,4-7,9-10,12-15,18,22,28,33-36,38,40-44,46-47,49-52H2,1-3H3,(H,58,61)/b11-8-,19-16+,20-17-,23-21+,26-24-,27-25+,31-29+,32-30-,39-37-,48-45-. The number of carbonyl (C=O) groups is 2. The van der Waals surface area contributed by atoms with E-state index in [0.717, 1.165) is 96.3 Å². The van der Waals surface area contributed by atoms with Gasteiger partial charge in [-0.15, -0.1) is 0 Å². The van der Waals surface area contributed by atoms with Crippen molar-refractivity contribution in [2.24, 2.45) is 0 Å². The Morgan fingerprint density at radius 1 is 0.508 bits per heavy atom. The fourth-order valence-corrected chi connectivity index (χ4v) is 6.79. The van der Waals surface area contributed by atoms with Crippen LogP contribution in [0.15, 0.2) is 122 Å². The van der Waals surface area contributed by atoms with Gasteiger partial charge in [-0.2, -0.15) is 0 Å². The van der Waals surface area contributed by atoms with Crippen LogP contribution in [0.1, 0.15) is 201 Å². The van der Waals surface area contributed by atoms with Gasteiger partial charge < -0.3 is 20.3 Å². The molecule has 0 saturated carbocycles. The van der Waals surface area contributed by atoms with E-state index >= 15 is 0 Å². The maximum Gasteiger partial charge on any atom is 0.306 e. The molecule has 0 aliphatic rings. The minimum Gasteiger partial charge on any atom is -0.458 e. The zero-order valence-electron chi connectivity index (χ0n) is 40.4. The molecular weight excluding hydrogens is 779 g/mol. The van der Waals surface area contributed by atoms with Crippen molar-refractivity contribution < 1.29 is 24.5 Å². The molecular formula is C57H93NO5. The van der Waals surface area contributed by atoms with Crippen molar-refractivity contribution in [2.45, 2.75) is 219 Å². The number of aliphatic hydroxyl groups excluding tert-OH is 2. The van der Waals surface area contributed by atoms with Gasteiger partial charge in [0, 0.05) is 6.42 Å². The van der Waals surface area contributed by atoms with Crippen LogP contribution in [0.2, 0.25) is 0 Å². The predicted molar refractivity (Wildman–Crippen MR) is 273 cm³/mol. The summed E-state index contributed by atoms with van der Waals surface area (Å²) in [5, 5.41) is 23.6. The molecule has 356 valence electrons. The zero-order chi connectivity index (χ0) is 45.9. The van der Waals surface area contributed by atoms with Crippen molar-refractivity contribution in [2.75, 3.05) is 6.61 Å². The van der Waals surface area contributed by atoms with Crippen LogP contribution in [-0.4, -0.2) is 46.9 Å². The first-order valence-electron chi connectivity index (χ1n) is 25.3. The Kier molecular flexibility index (Phi) is 46.4. The highest BCUT2D eigenvalue weighted by atomic mass is 16.5. The van der Waals surface area contributed by atoms with Crippen LogP contribution in [-0.2, 0) is 14.3 Å². The number of ether oxygens (including phenoxy) is 1. The lowest BCUT2D eigenvalue weighted by Crippen LogP contribution is -2.46. The summed E-state index contributed by atoms with van der Waals surface area (Å²) in [6, 6.07) is -0.755. The molecule has 3 atom stereocenters. The van der Waals surface area contributed by atoms with Crippen molar-refractivity contribution in [3.8, 4) is 0 Å². The Hall–Kier alpha value is -3.74. The number of hydrogen-bond donors (Lipinski definition) is 3. The first-order valence-corrected chi connectivity index (χ1v) is 25.3. The van der Waals surface area contributed by atoms with E-state index in [-0.39, 0.29) is 24.9 Å². The van der Waals surface area contributed by atoms with Crippen LogP contribution >= 0.6 is 0 Å². The van der Waals surface area contributed by atoms with Crippen molar-refractivity contribution in [1.29, 1.82) is 0 Å². The maximum absolute atomic E-state index is 13.1. The monoisotopic (exact) mass is 872 g/mol. The molecule has 0 rings (SSSR count). The largest absolute Gasteiger partial charge is 0.458 e. The van der Waals surface area contributed by atoms with E-state index in [4.69, 9.17) is 4.74 Å². The Balaban J connectivity index is 4.84. The normalized spacial score (nSPS) is 14.3. The molecule has 0 saturated heterocycles. The number of allylic oxidation sites excluding steroid dienone is 19. The summed E-state index contributed by atoms with van der Waals surface area (Å²) >= 11 is 0. The third-order valence-electron chi connectivity index (χ3n) is 10.6. The molecule has 3 N–H and O–H groups in total. The Morgan fingerprint density at radius 2 is 0.937 bits per heavy atom. The Morgan fingerprint density at radius 3 is 1.46 bits per heavy atom. The fraction of sp³-hybridized carbons (Fsp3) is 0.614. The van der Waals surface area contributed by atoms with Gasteiger partial charge in [0.25, 0.3) is 0 Å². The van der Waals surface area contributed by atoms with Gasteiger partial charge in [-0.25, -0.2) is 0 Å². The highest BCUT2D eigenvalue weighted by Gasteiger charge is 2.23. The van der Waals surface area contributed by atoms with Gasteiger partial charge in [0.1, 0.15) is 6.10 Å². The van der Waals surface area contributed by atoms with Gasteiger partial charge in [0.05, 0.1) is 25.2 Å². The molecule has 1 amide bonds. The molecule has 0 heterocycles. The number of hydrogen-bond acceptors (Lipinski definition) is 5. The van der Waals surface area contributed by atoms with Crippen LogP contribution in [0.25, 0.3) is 0 Å². The minimum absolute atomic E-state index is 0.0652. The van der Waals surface area contributed by atoms with E-state index < -0.39 is 18.2 Å². The van der Waals surface area contributed by atoms with Crippen LogP contribution in [0.5, 0.6) is 0 Å². The summed E-state index contributed by atoms with van der Waals surface area (Å²) in [6.07, 6.45) is 68.6. The zero-order valence-corrected chi connectivity index (χ0v) is 40.4.